The van der Waals surface area contributed by atoms with Crippen molar-refractivity contribution in [3.8, 4) is 0 Å². The van der Waals surface area contributed by atoms with Gasteiger partial charge in [0.15, 0.2) is 0 Å². The second-order valence-electron chi connectivity index (χ2n) is 8.02. The van der Waals surface area contributed by atoms with Crippen LogP contribution in [0.2, 0.25) is 0 Å². The van der Waals surface area contributed by atoms with E-state index < -0.39 is 69.5 Å². The summed E-state index contributed by atoms with van der Waals surface area (Å²) in [5, 5.41) is 11.4. The number of amides is 1. The summed E-state index contributed by atoms with van der Waals surface area (Å²) in [6.45, 7) is 0. The van der Waals surface area contributed by atoms with Gasteiger partial charge in [0.05, 0.1) is 11.7 Å². The summed E-state index contributed by atoms with van der Waals surface area (Å²) in [6, 6.07) is 5.49. The number of alkyl halides is 2. The maximum Gasteiger partial charge on any atom is 0.274 e. The Hall–Kier alpha value is -3.22. The van der Waals surface area contributed by atoms with Crippen LogP contribution in [0.15, 0.2) is 36.5 Å². The van der Waals surface area contributed by atoms with E-state index in [-0.39, 0.29) is 16.9 Å². The SMILES string of the molecule is CN1C(=N)NC2(c3cc(NC(=O)c4ccc(F)cn4)ccc3F)CCC(F)(F)CC2S1(=O)=O. The minimum Gasteiger partial charge on any atom is -0.345 e. The molecule has 1 saturated heterocycles. The van der Waals surface area contributed by atoms with Crippen molar-refractivity contribution in [3.05, 3.63) is 59.4 Å². The number of nitrogens with zero attached hydrogens (tertiary/aromatic N) is 2. The van der Waals surface area contributed by atoms with Crippen LogP contribution in [0.5, 0.6) is 0 Å². The van der Waals surface area contributed by atoms with Gasteiger partial charge in [-0.25, -0.2) is 35.3 Å². The second kappa shape index (κ2) is 7.68. The van der Waals surface area contributed by atoms with E-state index in [0.717, 1.165) is 37.5 Å². The van der Waals surface area contributed by atoms with Crippen LogP contribution < -0.4 is 10.6 Å². The number of anilines is 1. The molecule has 1 aromatic heterocycles. The van der Waals surface area contributed by atoms with Gasteiger partial charge in [0.25, 0.3) is 5.91 Å². The Morgan fingerprint density at radius 1 is 1.24 bits per heavy atom. The van der Waals surface area contributed by atoms with Crippen molar-refractivity contribution in [1.29, 1.82) is 5.41 Å². The van der Waals surface area contributed by atoms with E-state index in [1.165, 1.54) is 6.07 Å². The first-order valence-corrected chi connectivity index (χ1v) is 11.3. The quantitative estimate of drug-likeness (QED) is 0.579. The van der Waals surface area contributed by atoms with Crippen LogP contribution in [0, 0.1) is 17.0 Å². The van der Waals surface area contributed by atoms with E-state index in [1.54, 1.807) is 0 Å². The second-order valence-corrected chi connectivity index (χ2v) is 10.2. The Morgan fingerprint density at radius 3 is 2.64 bits per heavy atom. The number of sulfonamides is 1. The van der Waals surface area contributed by atoms with E-state index in [0.29, 0.717) is 4.31 Å². The third-order valence-electron chi connectivity index (χ3n) is 5.98. The molecule has 0 spiro atoms. The van der Waals surface area contributed by atoms with Crippen LogP contribution >= 0.6 is 0 Å². The lowest BCUT2D eigenvalue weighted by Crippen LogP contribution is -2.70. The van der Waals surface area contributed by atoms with Gasteiger partial charge in [0.2, 0.25) is 21.9 Å². The number of carbonyl (C=O) groups excluding carboxylic acids is 1. The largest absolute Gasteiger partial charge is 0.345 e. The third kappa shape index (κ3) is 3.90. The molecule has 1 aromatic carbocycles. The third-order valence-corrected chi connectivity index (χ3v) is 8.22. The average molecular weight is 485 g/mol. The van der Waals surface area contributed by atoms with Gasteiger partial charge in [0, 0.05) is 31.1 Å². The van der Waals surface area contributed by atoms with E-state index in [9.17, 15) is 26.4 Å². The molecule has 2 aliphatic rings. The molecule has 4 rings (SSSR count). The van der Waals surface area contributed by atoms with Crippen LogP contribution in [-0.2, 0) is 15.6 Å². The minimum atomic E-state index is -4.42. The molecule has 8 nitrogen and oxygen atoms in total. The van der Waals surface area contributed by atoms with Crippen LogP contribution in [0.3, 0.4) is 0 Å². The summed E-state index contributed by atoms with van der Waals surface area (Å²) in [7, 11) is -3.36. The average Bonchev–Trinajstić information content (AvgIpc) is 2.75. The number of benzene rings is 1. The molecule has 1 saturated carbocycles. The first-order valence-electron chi connectivity index (χ1n) is 9.81. The Morgan fingerprint density at radius 2 is 1.97 bits per heavy atom. The fourth-order valence-corrected chi connectivity index (χ4v) is 6.17. The summed E-state index contributed by atoms with van der Waals surface area (Å²) < 4.78 is 83.1. The smallest absolute Gasteiger partial charge is 0.274 e. The zero-order valence-electron chi connectivity index (χ0n) is 17.2. The zero-order chi connectivity index (χ0) is 24.2. The van der Waals surface area contributed by atoms with Crippen molar-refractivity contribution in [2.24, 2.45) is 0 Å². The molecule has 1 aliphatic carbocycles. The van der Waals surface area contributed by atoms with Crippen molar-refractivity contribution >= 4 is 27.6 Å². The van der Waals surface area contributed by atoms with Crippen molar-refractivity contribution in [2.75, 3.05) is 12.4 Å². The molecular weight excluding hydrogens is 466 g/mol. The highest BCUT2D eigenvalue weighted by Gasteiger charge is 2.61. The number of nitrogens with one attached hydrogen (secondary N) is 3. The molecule has 2 heterocycles. The lowest BCUT2D eigenvalue weighted by Gasteiger charge is -2.52. The van der Waals surface area contributed by atoms with E-state index in [2.05, 4.69) is 15.6 Å². The number of carbonyl (C=O) groups is 1. The van der Waals surface area contributed by atoms with Gasteiger partial charge in [-0.3, -0.25) is 10.2 Å². The molecule has 0 bridgehead atoms. The van der Waals surface area contributed by atoms with Crippen LogP contribution in [0.4, 0.5) is 23.2 Å². The van der Waals surface area contributed by atoms with Crippen molar-refractivity contribution in [2.45, 2.75) is 36.0 Å². The van der Waals surface area contributed by atoms with Crippen LogP contribution in [0.25, 0.3) is 0 Å². The molecule has 176 valence electrons. The number of guanidine groups is 1. The first kappa shape index (κ1) is 23.0. The van der Waals surface area contributed by atoms with Gasteiger partial charge in [-0.2, -0.15) is 0 Å². The lowest BCUT2D eigenvalue weighted by molar-refractivity contribution is -0.0546. The minimum absolute atomic E-state index is 0.0395. The molecule has 33 heavy (non-hydrogen) atoms. The van der Waals surface area contributed by atoms with Crippen molar-refractivity contribution < 1.29 is 30.8 Å². The zero-order valence-corrected chi connectivity index (χ0v) is 18.0. The number of hydrogen-bond donors (Lipinski definition) is 3. The van der Waals surface area contributed by atoms with Gasteiger partial charge in [0.1, 0.15) is 22.6 Å². The van der Waals surface area contributed by atoms with Crippen molar-refractivity contribution in [1.82, 2.24) is 14.6 Å². The van der Waals surface area contributed by atoms with Crippen molar-refractivity contribution in [3.63, 3.8) is 0 Å². The summed E-state index contributed by atoms with van der Waals surface area (Å²) >= 11 is 0. The monoisotopic (exact) mass is 485 g/mol. The highest BCUT2D eigenvalue weighted by molar-refractivity contribution is 7.90. The van der Waals surface area contributed by atoms with E-state index in [4.69, 9.17) is 5.41 Å². The number of fused-ring (bicyclic) bond motifs is 1. The lowest BCUT2D eigenvalue weighted by atomic mass is 9.74. The van der Waals surface area contributed by atoms with Gasteiger partial charge in [-0.05, 0) is 36.8 Å². The summed E-state index contributed by atoms with van der Waals surface area (Å²) in [5.41, 5.74) is -2.20. The predicted octanol–water partition coefficient (Wildman–Crippen LogP) is 2.79. The molecule has 3 N–H and O–H groups in total. The summed E-state index contributed by atoms with van der Waals surface area (Å²) in [5.74, 6) is -6.15. The number of rotatable bonds is 3. The van der Waals surface area contributed by atoms with Gasteiger partial charge in [-0.1, -0.05) is 0 Å². The van der Waals surface area contributed by atoms with Crippen LogP contribution in [0.1, 0.15) is 35.3 Å². The number of pyridine rings is 1. The Labute approximate surface area is 186 Å². The molecule has 2 unspecified atom stereocenters. The van der Waals surface area contributed by atoms with Crippen LogP contribution in [-0.4, -0.2) is 47.8 Å². The molecule has 1 amide bonds. The maximum absolute atomic E-state index is 15.0. The fourth-order valence-electron chi connectivity index (χ4n) is 4.22. The van der Waals surface area contributed by atoms with Gasteiger partial charge >= 0.3 is 0 Å². The Kier molecular flexibility index (Phi) is 5.34. The van der Waals surface area contributed by atoms with E-state index >= 15 is 4.39 Å². The Balaban J connectivity index is 1.77. The number of hydrogen-bond acceptors (Lipinski definition) is 5. The molecule has 2 aromatic rings. The predicted molar refractivity (Wildman–Crippen MR) is 110 cm³/mol. The Bertz CT molecular complexity index is 1240. The highest BCUT2D eigenvalue weighted by atomic mass is 32.2. The molecule has 2 fully saturated rings. The summed E-state index contributed by atoms with van der Waals surface area (Å²) in [6.07, 6.45) is -1.41. The molecule has 0 radical (unpaired) electrons. The molecular formula is C20H19F4N5O3S. The summed E-state index contributed by atoms with van der Waals surface area (Å²) in [4.78, 5) is 16.1. The van der Waals surface area contributed by atoms with Gasteiger partial charge in [-0.15, -0.1) is 0 Å². The van der Waals surface area contributed by atoms with E-state index in [1.807, 2.05) is 0 Å². The molecule has 2 atom stereocenters. The molecule has 1 aliphatic heterocycles. The highest BCUT2D eigenvalue weighted by Crippen LogP contribution is 2.50. The maximum atomic E-state index is 15.0. The number of halogens is 4. The first-order chi connectivity index (χ1) is 15.4. The number of aromatic nitrogens is 1. The van der Waals surface area contributed by atoms with Gasteiger partial charge < -0.3 is 10.6 Å². The normalized spacial score (nSPS) is 25.7. The molecule has 13 heteroatoms. The standard InChI is InChI=1S/C20H19F4N5O3S/c1-29-18(25)28-20(7-6-19(23,24)9-16(20)33(29,31)32)13-8-12(3-4-14(13)22)27-17(30)15-5-2-11(21)10-26-15/h2-5,8,10,16H,6-7,9H2,1H3,(H2,25,28)(H,27,30). The fraction of sp³-hybridized carbons (Fsp3) is 0.350. The topological polar surface area (TPSA) is 115 Å².